The normalized spacial score (nSPS) is 18.3. The van der Waals surface area contributed by atoms with Gasteiger partial charge in [-0.05, 0) is 48.8 Å². The monoisotopic (exact) mass is 314 g/mol. The molecule has 1 aliphatic carbocycles. The predicted molar refractivity (Wildman–Crippen MR) is 90.2 cm³/mol. The number of fused-ring (bicyclic) bond motifs is 1. The lowest BCUT2D eigenvalue weighted by atomic mass is 9.90. The number of hydrogen-bond donors (Lipinski definition) is 0. The molecule has 1 saturated heterocycles. The maximum atomic E-state index is 12.6. The zero-order valence-corrected chi connectivity index (χ0v) is 14.0. The van der Waals surface area contributed by atoms with E-state index in [0.717, 1.165) is 31.5 Å². The third-order valence-corrected chi connectivity index (χ3v) is 5.06. The van der Waals surface area contributed by atoms with Crippen LogP contribution in [0.25, 0.3) is 0 Å². The molecule has 124 valence electrons. The van der Waals surface area contributed by atoms with Crippen LogP contribution in [0.1, 0.15) is 42.9 Å². The Morgan fingerprint density at radius 2 is 1.61 bits per heavy atom. The number of carbonyl (C=O) groups excluding carboxylic acids is 2. The number of nitrogens with zero attached hydrogens (tertiary/aromatic N) is 2. The van der Waals surface area contributed by atoms with E-state index in [2.05, 4.69) is 18.2 Å². The molecule has 0 unspecified atom stereocenters. The van der Waals surface area contributed by atoms with Crippen LogP contribution in [0.3, 0.4) is 0 Å². The van der Waals surface area contributed by atoms with E-state index in [0.29, 0.717) is 19.5 Å². The topological polar surface area (TPSA) is 40.6 Å². The van der Waals surface area contributed by atoms with Crippen LogP contribution < -0.4 is 0 Å². The Balaban J connectivity index is 1.61. The molecule has 1 aromatic rings. The summed E-state index contributed by atoms with van der Waals surface area (Å²) < 4.78 is 0. The maximum absolute atomic E-state index is 12.6. The SMILES string of the molecule is CC(=O)N1CCCN(C(=O)Cc2ccc3c(c2)CCCC3)CC1. The minimum atomic E-state index is 0.106. The van der Waals surface area contributed by atoms with Crippen molar-refractivity contribution in [1.82, 2.24) is 9.80 Å². The van der Waals surface area contributed by atoms with Gasteiger partial charge in [-0.2, -0.15) is 0 Å². The van der Waals surface area contributed by atoms with Crippen LogP contribution in [-0.4, -0.2) is 47.8 Å². The molecule has 4 nitrogen and oxygen atoms in total. The summed E-state index contributed by atoms with van der Waals surface area (Å²) in [5.74, 6) is 0.292. The molecule has 0 saturated carbocycles. The van der Waals surface area contributed by atoms with Gasteiger partial charge in [0, 0.05) is 33.1 Å². The van der Waals surface area contributed by atoms with Crippen LogP contribution in [0.4, 0.5) is 0 Å². The number of carbonyl (C=O) groups is 2. The van der Waals surface area contributed by atoms with Crippen LogP contribution in [0.2, 0.25) is 0 Å². The molecule has 3 rings (SSSR count). The van der Waals surface area contributed by atoms with Crippen molar-refractivity contribution in [2.24, 2.45) is 0 Å². The Morgan fingerprint density at radius 3 is 2.39 bits per heavy atom. The van der Waals surface area contributed by atoms with Gasteiger partial charge in [0.2, 0.25) is 11.8 Å². The Hall–Kier alpha value is -1.84. The van der Waals surface area contributed by atoms with Crippen LogP contribution in [0, 0.1) is 0 Å². The van der Waals surface area contributed by atoms with E-state index < -0.39 is 0 Å². The first-order valence-corrected chi connectivity index (χ1v) is 8.77. The lowest BCUT2D eigenvalue weighted by molar-refractivity contribution is -0.132. The van der Waals surface area contributed by atoms with E-state index in [1.54, 1.807) is 6.92 Å². The van der Waals surface area contributed by atoms with Crippen molar-refractivity contribution in [3.63, 3.8) is 0 Å². The predicted octanol–water partition coefficient (Wildman–Crippen LogP) is 2.19. The molecule has 0 bridgehead atoms. The molecule has 1 fully saturated rings. The third kappa shape index (κ3) is 3.92. The van der Waals surface area contributed by atoms with Gasteiger partial charge in [0.1, 0.15) is 0 Å². The standard InChI is InChI=1S/C19H26N2O2/c1-15(22)20-9-4-10-21(12-11-20)19(23)14-16-7-8-17-5-2-3-6-18(17)13-16/h7-8,13H,2-6,9-12,14H2,1H3. The fourth-order valence-corrected chi connectivity index (χ4v) is 3.66. The van der Waals surface area contributed by atoms with E-state index in [4.69, 9.17) is 0 Å². The van der Waals surface area contributed by atoms with Crippen LogP contribution in [0.5, 0.6) is 0 Å². The molecule has 0 N–H and O–H groups in total. The average molecular weight is 314 g/mol. The van der Waals surface area contributed by atoms with E-state index in [-0.39, 0.29) is 11.8 Å². The Bertz CT molecular complexity index is 597. The van der Waals surface area contributed by atoms with Gasteiger partial charge in [0.15, 0.2) is 0 Å². The molecule has 0 atom stereocenters. The number of aryl methyl sites for hydroxylation is 2. The summed E-state index contributed by atoms with van der Waals surface area (Å²) in [5, 5.41) is 0. The Labute approximate surface area is 138 Å². The summed E-state index contributed by atoms with van der Waals surface area (Å²) in [6.45, 7) is 4.44. The zero-order chi connectivity index (χ0) is 16.2. The van der Waals surface area contributed by atoms with E-state index >= 15 is 0 Å². The van der Waals surface area contributed by atoms with Crippen molar-refractivity contribution < 1.29 is 9.59 Å². The second-order valence-electron chi connectivity index (χ2n) is 6.73. The first-order valence-electron chi connectivity index (χ1n) is 8.77. The average Bonchev–Trinajstić information content (AvgIpc) is 2.81. The van der Waals surface area contributed by atoms with E-state index in [9.17, 15) is 9.59 Å². The molecule has 1 aliphatic heterocycles. The maximum Gasteiger partial charge on any atom is 0.227 e. The summed E-state index contributed by atoms with van der Waals surface area (Å²) in [6.07, 6.45) is 6.22. The highest BCUT2D eigenvalue weighted by atomic mass is 16.2. The highest BCUT2D eigenvalue weighted by molar-refractivity contribution is 5.79. The van der Waals surface area contributed by atoms with Gasteiger partial charge in [-0.15, -0.1) is 0 Å². The van der Waals surface area contributed by atoms with E-state index in [1.165, 1.54) is 30.4 Å². The number of benzene rings is 1. The quantitative estimate of drug-likeness (QED) is 0.839. The molecule has 4 heteroatoms. The highest BCUT2D eigenvalue weighted by Gasteiger charge is 2.20. The summed E-state index contributed by atoms with van der Waals surface area (Å²) >= 11 is 0. The lowest BCUT2D eigenvalue weighted by Gasteiger charge is -2.22. The Morgan fingerprint density at radius 1 is 0.913 bits per heavy atom. The molecular formula is C19H26N2O2. The Kier molecular flexibility index (Phi) is 4.99. The molecule has 2 aliphatic rings. The van der Waals surface area contributed by atoms with Crippen LogP contribution in [0.15, 0.2) is 18.2 Å². The van der Waals surface area contributed by atoms with Crippen LogP contribution >= 0.6 is 0 Å². The second kappa shape index (κ2) is 7.16. The van der Waals surface area contributed by atoms with E-state index in [1.807, 2.05) is 9.80 Å². The van der Waals surface area contributed by atoms with Crippen molar-refractivity contribution >= 4 is 11.8 Å². The van der Waals surface area contributed by atoms with Crippen molar-refractivity contribution in [1.29, 1.82) is 0 Å². The van der Waals surface area contributed by atoms with Gasteiger partial charge in [0.05, 0.1) is 6.42 Å². The fourth-order valence-electron chi connectivity index (χ4n) is 3.66. The number of amides is 2. The van der Waals surface area contributed by atoms with Gasteiger partial charge in [0.25, 0.3) is 0 Å². The highest BCUT2D eigenvalue weighted by Crippen LogP contribution is 2.22. The minimum Gasteiger partial charge on any atom is -0.341 e. The van der Waals surface area contributed by atoms with Crippen molar-refractivity contribution in [2.45, 2.75) is 45.4 Å². The second-order valence-corrected chi connectivity index (χ2v) is 6.73. The molecule has 1 heterocycles. The molecule has 0 aromatic heterocycles. The molecular weight excluding hydrogens is 288 g/mol. The third-order valence-electron chi connectivity index (χ3n) is 5.06. The smallest absolute Gasteiger partial charge is 0.227 e. The van der Waals surface area contributed by atoms with Gasteiger partial charge in [-0.25, -0.2) is 0 Å². The molecule has 2 amide bonds. The van der Waals surface area contributed by atoms with Crippen LogP contribution in [-0.2, 0) is 28.9 Å². The molecule has 0 radical (unpaired) electrons. The van der Waals surface area contributed by atoms with Crippen molar-refractivity contribution in [3.8, 4) is 0 Å². The number of hydrogen-bond acceptors (Lipinski definition) is 2. The first-order chi connectivity index (χ1) is 11.1. The summed E-state index contributed by atoms with van der Waals surface area (Å²) in [4.78, 5) is 27.8. The van der Waals surface area contributed by atoms with Gasteiger partial charge >= 0.3 is 0 Å². The van der Waals surface area contributed by atoms with Crippen molar-refractivity contribution in [3.05, 3.63) is 34.9 Å². The molecule has 1 aromatic carbocycles. The zero-order valence-electron chi connectivity index (χ0n) is 14.0. The van der Waals surface area contributed by atoms with Gasteiger partial charge < -0.3 is 9.80 Å². The first kappa shape index (κ1) is 16.0. The fraction of sp³-hybridized carbons (Fsp3) is 0.579. The van der Waals surface area contributed by atoms with Crippen molar-refractivity contribution in [2.75, 3.05) is 26.2 Å². The lowest BCUT2D eigenvalue weighted by Crippen LogP contribution is -2.37. The number of rotatable bonds is 2. The largest absolute Gasteiger partial charge is 0.341 e. The summed E-state index contributed by atoms with van der Waals surface area (Å²) in [5.41, 5.74) is 4.02. The molecule has 0 spiro atoms. The summed E-state index contributed by atoms with van der Waals surface area (Å²) in [7, 11) is 0. The minimum absolute atomic E-state index is 0.106. The molecule has 23 heavy (non-hydrogen) atoms. The van der Waals surface area contributed by atoms with Gasteiger partial charge in [-0.1, -0.05) is 18.2 Å². The summed E-state index contributed by atoms with van der Waals surface area (Å²) in [6, 6.07) is 6.55. The van der Waals surface area contributed by atoms with Gasteiger partial charge in [-0.3, -0.25) is 9.59 Å².